The van der Waals surface area contributed by atoms with Crippen molar-refractivity contribution in [2.24, 2.45) is 0 Å². The zero-order chi connectivity index (χ0) is 23.4. The number of imide groups is 1. The van der Waals surface area contributed by atoms with Gasteiger partial charge in [-0.05, 0) is 46.3 Å². The SMILES string of the molecule is O=C1c2ccccc2C(=O)N1c1cc(Oc2c(F)cc(C(F)(F)F)cc2F)c(Br)cc1F. The molecule has 3 aromatic rings. The van der Waals surface area contributed by atoms with Crippen LogP contribution in [0.4, 0.5) is 32.0 Å². The topological polar surface area (TPSA) is 46.6 Å². The van der Waals surface area contributed by atoms with Crippen molar-refractivity contribution in [2.45, 2.75) is 6.18 Å². The highest BCUT2D eigenvalue weighted by Gasteiger charge is 2.38. The van der Waals surface area contributed by atoms with Gasteiger partial charge >= 0.3 is 6.18 Å². The number of rotatable bonds is 3. The summed E-state index contributed by atoms with van der Waals surface area (Å²) < 4.78 is 86.1. The van der Waals surface area contributed by atoms with Crippen molar-refractivity contribution in [1.29, 1.82) is 0 Å². The molecule has 0 aromatic heterocycles. The van der Waals surface area contributed by atoms with Crippen LogP contribution in [0.1, 0.15) is 26.3 Å². The van der Waals surface area contributed by atoms with Crippen molar-refractivity contribution in [3.8, 4) is 11.5 Å². The number of halogens is 7. The minimum atomic E-state index is -4.99. The van der Waals surface area contributed by atoms with Crippen LogP contribution < -0.4 is 9.64 Å². The van der Waals surface area contributed by atoms with E-state index in [1.807, 2.05) is 0 Å². The molecule has 0 radical (unpaired) electrons. The predicted molar refractivity (Wildman–Crippen MR) is 103 cm³/mol. The molecular weight excluding hydrogens is 508 g/mol. The van der Waals surface area contributed by atoms with E-state index >= 15 is 0 Å². The summed E-state index contributed by atoms with van der Waals surface area (Å²) in [6.45, 7) is 0. The minimum Gasteiger partial charge on any atom is -0.450 e. The fraction of sp³-hybridized carbons (Fsp3) is 0.0476. The summed E-state index contributed by atoms with van der Waals surface area (Å²) in [5.74, 6) is -7.64. The lowest BCUT2D eigenvalue weighted by atomic mass is 10.1. The summed E-state index contributed by atoms with van der Waals surface area (Å²) in [4.78, 5) is 25.8. The van der Waals surface area contributed by atoms with Crippen molar-refractivity contribution in [2.75, 3.05) is 4.90 Å². The molecule has 0 aliphatic carbocycles. The number of carbonyl (C=O) groups excluding carboxylic acids is 2. The van der Waals surface area contributed by atoms with Crippen molar-refractivity contribution < 1.29 is 40.7 Å². The van der Waals surface area contributed by atoms with Gasteiger partial charge in [0.05, 0.1) is 26.9 Å². The van der Waals surface area contributed by atoms with Gasteiger partial charge < -0.3 is 4.74 Å². The average molecular weight is 516 g/mol. The largest absolute Gasteiger partial charge is 0.450 e. The molecule has 1 aliphatic rings. The van der Waals surface area contributed by atoms with Gasteiger partial charge in [0.2, 0.25) is 0 Å². The van der Waals surface area contributed by atoms with E-state index in [0.717, 1.165) is 12.1 Å². The van der Waals surface area contributed by atoms with Gasteiger partial charge in [0, 0.05) is 6.07 Å². The number of fused-ring (bicyclic) bond motifs is 1. The Balaban J connectivity index is 1.76. The fourth-order valence-electron chi connectivity index (χ4n) is 3.11. The molecule has 164 valence electrons. The van der Waals surface area contributed by atoms with Crippen LogP contribution in [0, 0.1) is 17.5 Å². The molecule has 3 aromatic carbocycles. The number of carbonyl (C=O) groups is 2. The van der Waals surface area contributed by atoms with Crippen molar-refractivity contribution in [3.05, 3.63) is 87.1 Å². The van der Waals surface area contributed by atoms with Crippen molar-refractivity contribution in [3.63, 3.8) is 0 Å². The van der Waals surface area contributed by atoms with Gasteiger partial charge in [-0.15, -0.1) is 0 Å². The first-order valence-electron chi connectivity index (χ1n) is 8.70. The van der Waals surface area contributed by atoms with Gasteiger partial charge in [-0.2, -0.15) is 13.2 Å². The van der Waals surface area contributed by atoms with Crippen LogP contribution in [0.25, 0.3) is 0 Å². The first-order chi connectivity index (χ1) is 15.0. The third kappa shape index (κ3) is 3.62. The highest BCUT2D eigenvalue weighted by molar-refractivity contribution is 9.10. The van der Waals surface area contributed by atoms with E-state index in [1.165, 1.54) is 24.3 Å². The van der Waals surface area contributed by atoms with E-state index in [0.29, 0.717) is 4.90 Å². The number of nitrogens with zero attached hydrogens (tertiary/aromatic N) is 1. The van der Waals surface area contributed by atoms with Gasteiger partial charge in [-0.1, -0.05) is 12.1 Å². The van der Waals surface area contributed by atoms with E-state index in [-0.39, 0.29) is 27.7 Å². The van der Waals surface area contributed by atoms with Crippen LogP contribution in [-0.2, 0) is 6.18 Å². The van der Waals surface area contributed by atoms with E-state index in [4.69, 9.17) is 4.74 Å². The van der Waals surface area contributed by atoms with Crippen molar-refractivity contribution >= 4 is 33.4 Å². The predicted octanol–water partition coefficient (Wildman–Crippen LogP) is 6.48. The van der Waals surface area contributed by atoms with Crippen LogP contribution >= 0.6 is 15.9 Å². The third-order valence-corrected chi connectivity index (χ3v) is 5.19. The first kappa shape index (κ1) is 21.9. The summed E-state index contributed by atoms with van der Waals surface area (Å²) in [7, 11) is 0. The zero-order valence-corrected chi connectivity index (χ0v) is 17.0. The van der Waals surface area contributed by atoms with E-state index in [2.05, 4.69) is 15.9 Å². The number of benzene rings is 3. The van der Waals surface area contributed by atoms with Crippen LogP contribution in [0.5, 0.6) is 11.5 Å². The molecular formula is C21H8BrF6NO3. The number of hydrogen-bond acceptors (Lipinski definition) is 3. The second-order valence-corrected chi connectivity index (χ2v) is 7.45. The number of alkyl halides is 3. The number of ether oxygens (including phenoxy) is 1. The second kappa shape index (κ2) is 7.66. The number of hydrogen-bond donors (Lipinski definition) is 0. The standard InChI is InChI=1S/C21H8BrF6NO3/c22-12-7-13(23)16(29-19(30)10-3-1-2-4-11(10)20(29)31)8-17(12)32-18-14(24)5-9(6-15(18)25)21(26,27)28/h1-8H. The molecule has 0 atom stereocenters. The summed E-state index contributed by atoms with van der Waals surface area (Å²) >= 11 is 2.92. The lowest BCUT2D eigenvalue weighted by Gasteiger charge is -2.18. The summed E-state index contributed by atoms with van der Waals surface area (Å²) in [6, 6.07) is 7.47. The highest BCUT2D eigenvalue weighted by atomic mass is 79.9. The Morgan fingerprint density at radius 1 is 0.812 bits per heavy atom. The molecule has 0 saturated carbocycles. The monoisotopic (exact) mass is 515 g/mol. The van der Waals surface area contributed by atoms with Crippen molar-refractivity contribution in [1.82, 2.24) is 0 Å². The maximum atomic E-state index is 14.6. The normalized spacial score (nSPS) is 13.5. The molecule has 11 heteroatoms. The molecule has 1 aliphatic heterocycles. The Morgan fingerprint density at radius 3 is 1.84 bits per heavy atom. The lowest BCUT2D eigenvalue weighted by molar-refractivity contribution is -0.138. The van der Waals surface area contributed by atoms with Gasteiger partial charge in [-0.3, -0.25) is 9.59 Å². The maximum Gasteiger partial charge on any atom is 0.416 e. The summed E-state index contributed by atoms with van der Waals surface area (Å²) in [5, 5.41) is 0. The van der Waals surface area contributed by atoms with Gasteiger partial charge in [0.1, 0.15) is 11.6 Å². The molecule has 0 saturated heterocycles. The molecule has 0 bridgehead atoms. The molecule has 2 amide bonds. The molecule has 32 heavy (non-hydrogen) atoms. The molecule has 0 N–H and O–H groups in total. The van der Waals surface area contributed by atoms with E-state index in [1.54, 1.807) is 0 Å². The lowest BCUT2D eigenvalue weighted by Crippen LogP contribution is -2.30. The van der Waals surface area contributed by atoms with Gasteiger partial charge in [0.15, 0.2) is 17.4 Å². The maximum absolute atomic E-state index is 14.6. The fourth-order valence-corrected chi connectivity index (χ4v) is 3.50. The minimum absolute atomic E-state index is 0.0297. The molecule has 0 unspecified atom stereocenters. The molecule has 0 spiro atoms. The number of amides is 2. The Morgan fingerprint density at radius 2 is 1.34 bits per heavy atom. The Bertz CT molecular complexity index is 1230. The van der Waals surface area contributed by atoms with Crippen LogP contribution in [-0.4, -0.2) is 11.8 Å². The third-order valence-electron chi connectivity index (χ3n) is 4.57. The Hall–Kier alpha value is -3.34. The second-order valence-electron chi connectivity index (χ2n) is 6.59. The van der Waals surface area contributed by atoms with Gasteiger partial charge in [-0.25, -0.2) is 18.1 Å². The van der Waals surface area contributed by atoms with Crippen LogP contribution in [0.15, 0.2) is 53.0 Å². The number of anilines is 1. The summed E-state index contributed by atoms with van der Waals surface area (Å²) in [5.41, 5.74) is -2.07. The molecule has 4 nitrogen and oxygen atoms in total. The molecule has 0 fully saturated rings. The average Bonchev–Trinajstić information content (AvgIpc) is 2.96. The molecule has 4 rings (SSSR count). The Labute approximate surface area is 184 Å². The summed E-state index contributed by atoms with van der Waals surface area (Å²) in [6.07, 6.45) is -4.99. The van der Waals surface area contributed by atoms with E-state index < -0.39 is 58.2 Å². The van der Waals surface area contributed by atoms with E-state index in [9.17, 15) is 35.9 Å². The van der Waals surface area contributed by atoms with Gasteiger partial charge in [0.25, 0.3) is 11.8 Å². The smallest absolute Gasteiger partial charge is 0.416 e. The quantitative estimate of drug-likeness (QED) is 0.296. The highest BCUT2D eigenvalue weighted by Crippen LogP contribution is 2.41. The first-order valence-corrected chi connectivity index (χ1v) is 9.49. The molecule has 1 heterocycles. The van der Waals surface area contributed by atoms with Crippen LogP contribution in [0.2, 0.25) is 0 Å². The Kier molecular flexibility index (Phi) is 5.24. The zero-order valence-electron chi connectivity index (χ0n) is 15.4. The van der Waals surface area contributed by atoms with Crippen LogP contribution in [0.3, 0.4) is 0 Å².